The van der Waals surface area contributed by atoms with Crippen molar-refractivity contribution in [2.24, 2.45) is 10.8 Å². The highest BCUT2D eigenvalue weighted by atomic mass is 35.5. The first kappa shape index (κ1) is 54.2. The van der Waals surface area contributed by atoms with Gasteiger partial charge in [0.15, 0.2) is 0 Å². The Morgan fingerprint density at radius 1 is 0.806 bits per heavy atom. The number of allylic oxidation sites excluding steroid dienone is 1. The van der Waals surface area contributed by atoms with Crippen LogP contribution in [0.4, 0.5) is 24.5 Å². The number of piperazine rings is 1. The Balaban J connectivity index is 0.918. The molecule has 8 rings (SSSR count). The van der Waals surface area contributed by atoms with E-state index >= 15 is 0 Å². The molecule has 0 bridgehead atoms. The second-order valence-corrected chi connectivity index (χ2v) is 27.0. The van der Waals surface area contributed by atoms with Gasteiger partial charge in [-0.25, -0.2) is 21.6 Å². The summed E-state index contributed by atoms with van der Waals surface area (Å²) in [7, 11) is -10.9. The fraction of sp³-hybridized carbons (Fsp3) is 0.500. The number of hydrogen-bond donors (Lipinski definition) is 2. The number of nitrogens with zero attached hydrogens (tertiary/aromatic N) is 4. The van der Waals surface area contributed by atoms with Crippen LogP contribution < -0.4 is 14.9 Å². The standard InChI is InChI=1S/C54H68ClF3N6O5S3/c1-51(2,3)64-27-24-53(25-28-64)37-62(38-53)26-22-43(36-70-45-9-7-6-8-10-45)59-48-20-19-46(33-49(48)71(66,67)54(56,57)58)72(68,69)60-50(65)40-13-17-44(18-14-40)63-31-29-61(30-32-63)35-41-34-52(4,5)23-21-47(41)39-11-15-42(55)16-12-39/h6-20,33,43,59H,21-32,34-38H2,1-5H3,(H,60,65). The van der Waals surface area contributed by atoms with Crippen molar-refractivity contribution in [1.29, 1.82) is 0 Å². The third-order valence-corrected chi connectivity index (χ3v) is 19.2. The van der Waals surface area contributed by atoms with Gasteiger partial charge in [-0.05, 0) is 161 Å². The lowest BCUT2D eigenvalue weighted by Gasteiger charge is -2.56. The quantitative estimate of drug-likeness (QED) is 0.104. The van der Waals surface area contributed by atoms with E-state index in [1.807, 2.05) is 47.2 Å². The Morgan fingerprint density at radius 3 is 2.08 bits per heavy atom. The summed E-state index contributed by atoms with van der Waals surface area (Å²) in [6.45, 7) is 19.9. The number of alkyl halides is 3. The van der Waals surface area contributed by atoms with Gasteiger partial charge in [-0.2, -0.15) is 13.2 Å². The number of halogens is 4. The third kappa shape index (κ3) is 13.0. The normalized spacial score (nSPS) is 19.8. The van der Waals surface area contributed by atoms with Crippen molar-refractivity contribution in [2.45, 2.75) is 105 Å². The topological polar surface area (TPSA) is 122 Å². The Bertz CT molecular complexity index is 2800. The smallest absolute Gasteiger partial charge is 0.380 e. The molecular weight excluding hydrogens is 1000 g/mol. The highest BCUT2D eigenvalue weighted by Gasteiger charge is 2.49. The van der Waals surface area contributed by atoms with Gasteiger partial charge in [-0.3, -0.25) is 14.6 Å². The fourth-order valence-corrected chi connectivity index (χ4v) is 13.8. The molecule has 1 aliphatic carbocycles. The molecule has 72 heavy (non-hydrogen) atoms. The van der Waals surface area contributed by atoms with Crippen LogP contribution in [-0.2, 0) is 19.9 Å². The van der Waals surface area contributed by atoms with Crippen LogP contribution >= 0.6 is 23.4 Å². The number of sulfone groups is 1. The number of amides is 1. The van der Waals surface area contributed by atoms with Crippen LogP contribution in [-0.4, -0.2) is 126 Å². The van der Waals surface area contributed by atoms with Crippen molar-refractivity contribution in [3.05, 3.63) is 119 Å². The molecule has 3 heterocycles. The molecule has 4 aliphatic rings. The number of rotatable bonds is 16. The van der Waals surface area contributed by atoms with Crippen LogP contribution in [0.2, 0.25) is 5.02 Å². The van der Waals surface area contributed by atoms with E-state index in [0.717, 1.165) is 114 Å². The second kappa shape index (κ2) is 21.6. The molecule has 0 saturated carbocycles. The van der Waals surface area contributed by atoms with Crippen molar-refractivity contribution in [3.8, 4) is 0 Å². The van der Waals surface area contributed by atoms with Crippen LogP contribution in [0.15, 0.2) is 117 Å². The lowest BCUT2D eigenvalue weighted by molar-refractivity contribution is -0.0620. The van der Waals surface area contributed by atoms with Crippen LogP contribution in [0.3, 0.4) is 0 Å². The van der Waals surface area contributed by atoms with E-state index < -0.39 is 47.1 Å². The minimum absolute atomic E-state index is 0.00575. The van der Waals surface area contributed by atoms with E-state index in [1.54, 1.807) is 12.1 Å². The van der Waals surface area contributed by atoms with E-state index in [0.29, 0.717) is 29.8 Å². The maximum atomic E-state index is 14.4. The van der Waals surface area contributed by atoms with E-state index in [-0.39, 0.29) is 27.6 Å². The van der Waals surface area contributed by atoms with Crippen molar-refractivity contribution in [2.75, 3.05) is 81.4 Å². The lowest BCUT2D eigenvalue weighted by Crippen LogP contribution is -2.62. The predicted octanol–water partition coefficient (Wildman–Crippen LogP) is 10.7. The molecule has 390 valence electrons. The monoisotopic (exact) mass is 1070 g/mol. The summed E-state index contributed by atoms with van der Waals surface area (Å²) in [4.78, 5) is 21.9. The Kier molecular flexibility index (Phi) is 16.3. The number of hydrogen-bond acceptors (Lipinski definition) is 11. The molecule has 4 aromatic rings. The van der Waals surface area contributed by atoms with Gasteiger partial charge in [0, 0.05) is 90.9 Å². The molecule has 1 atom stereocenters. The van der Waals surface area contributed by atoms with Gasteiger partial charge < -0.3 is 15.1 Å². The second-order valence-electron chi connectivity index (χ2n) is 21.9. The molecule has 11 nitrogen and oxygen atoms in total. The van der Waals surface area contributed by atoms with E-state index in [1.165, 1.54) is 40.6 Å². The van der Waals surface area contributed by atoms with E-state index in [9.17, 15) is 34.8 Å². The average Bonchev–Trinajstić information content (AvgIpc) is 3.32. The molecule has 3 saturated heterocycles. The predicted molar refractivity (Wildman–Crippen MR) is 284 cm³/mol. The SMILES string of the molecule is CC1(C)CCC(c2ccc(Cl)cc2)=C(CN2CCN(c3ccc(C(=O)NS(=O)(=O)c4ccc(NC(CCN5CC6(CCN(C(C)(C)C)CC6)C5)CSc5ccccc5)c(S(=O)(=O)C(F)(F)F)c4)cc3)CC2)C1. The molecule has 2 N–H and O–H groups in total. The van der Waals surface area contributed by atoms with Crippen molar-refractivity contribution in [1.82, 2.24) is 19.4 Å². The van der Waals surface area contributed by atoms with E-state index in [4.69, 9.17) is 11.6 Å². The first-order valence-corrected chi connectivity index (χ1v) is 29.2. The molecular formula is C54H68ClF3N6O5S3. The van der Waals surface area contributed by atoms with E-state index in [2.05, 4.69) is 71.7 Å². The summed E-state index contributed by atoms with van der Waals surface area (Å²) >= 11 is 7.69. The average molecular weight is 1070 g/mol. The molecule has 3 fully saturated rings. The molecule has 1 spiro atoms. The number of benzene rings is 4. The summed E-state index contributed by atoms with van der Waals surface area (Å²) in [5.74, 6) is -0.622. The molecule has 3 aliphatic heterocycles. The Labute approximate surface area is 433 Å². The highest BCUT2D eigenvalue weighted by Crippen LogP contribution is 2.44. The Morgan fingerprint density at radius 2 is 1.46 bits per heavy atom. The van der Waals surface area contributed by atoms with Crippen LogP contribution in [0.5, 0.6) is 0 Å². The number of thioether (sulfide) groups is 1. The first-order valence-electron chi connectivity index (χ1n) is 24.9. The summed E-state index contributed by atoms with van der Waals surface area (Å²) in [6.07, 6.45) is 5.84. The summed E-state index contributed by atoms with van der Waals surface area (Å²) in [6, 6.07) is 26.1. The highest BCUT2D eigenvalue weighted by molar-refractivity contribution is 7.99. The van der Waals surface area contributed by atoms with Crippen molar-refractivity contribution < 1.29 is 34.8 Å². The molecule has 1 amide bonds. The molecule has 18 heteroatoms. The van der Waals surface area contributed by atoms with Crippen molar-refractivity contribution in [3.63, 3.8) is 0 Å². The summed E-state index contributed by atoms with van der Waals surface area (Å²) in [5, 5.41) is 3.79. The maximum absolute atomic E-state index is 14.4. The molecule has 1 unspecified atom stereocenters. The zero-order valence-electron chi connectivity index (χ0n) is 41.9. The summed E-state index contributed by atoms with van der Waals surface area (Å²) < 4.78 is 99.0. The number of carbonyl (C=O) groups excluding carboxylic acids is 1. The minimum Gasteiger partial charge on any atom is -0.380 e. The number of piperidine rings is 1. The van der Waals surface area contributed by atoms with Gasteiger partial charge in [-0.1, -0.05) is 61.4 Å². The first-order chi connectivity index (χ1) is 33.9. The molecule has 0 aromatic heterocycles. The number of likely N-dealkylation sites (tertiary alicyclic amines) is 2. The number of nitrogens with one attached hydrogen (secondary N) is 2. The van der Waals surface area contributed by atoms with Crippen LogP contribution in [0.1, 0.15) is 89.1 Å². The maximum Gasteiger partial charge on any atom is 0.501 e. The van der Waals surface area contributed by atoms with Gasteiger partial charge in [0.1, 0.15) is 4.90 Å². The van der Waals surface area contributed by atoms with Gasteiger partial charge in [0.25, 0.3) is 25.8 Å². The number of anilines is 2. The zero-order chi connectivity index (χ0) is 51.7. The zero-order valence-corrected chi connectivity index (χ0v) is 45.1. The van der Waals surface area contributed by atoms with Crippen molar-refractivity contribution >= 4 is 66.1 Å². The largest absolute Gasteiger partial charge is 0.501 e. The van der Waals surface area contributed by atoms with Crippen LogP contribution in [0, 0.1) is 10.8 Å². The Hall–Kier alpha value is -4.10. The molecule has 4 aromatic carbocycles. The minimum atomic E-state index is -6.06. The van der Waals surface area contributed by atoms with Crippen LogP contribution in [0.25, 0.3) is 5.57 Å². The summed E-state index contributed by atoms with van der Waals surface area (Å²) in [5.41, 5.74) is -0.619. The van der Waals surface area contributed by atoms with Gasteiger partial charge in [0.05, 0.1) is 10.6 Å². The van der Waals surface area contributed by atoms with Gasteiger partial charge in [-0.15, -0.1) is 11.8 Å². The lowest BCUT2D eigenvalue weighted by atomic mass is 9.71. The van der Waals surface area contributed by atoms with Gasteiger partial charge >= 0.3 is 5.51 Å². The van der Waals surface area contributed by atoms with Gasteiger partial charge in [0.2, 0.25) is 0 Å². The number of carbonyl (C=O) groups is 1. The molecule has 0 radical (unpaired) electrons. The number of sulfonamides is 1. The third-order valence-electron chi connectivity index (χ3n) is 15.0. The fourth-order valence-electron chi connectivity index (χ4n) is 10.7.